The molecule has 0 spiro atoms. The Labute approximate surface area is 173 Å². The number of nitrogens with zero attached hydrogens (tertiary/aromatic N) is 1. The highest BCUT2D eigenvalue weighted by Crippen LogP contribution is 2.16. The van der Waals surface area contributed by atoms with Crippen LogP contribution in [0.5, 0.6) is 5.75 Å². The van der Waals surface area contributed by atoms with Crippen LogP contribution in [0.3, 0.4) is 0 Å². The van der Waals surface area contributed by atoms with Crippen LogP contribution in [0, 0.1) is 6.92 Å². The lowest BCUT2D eigenvalue weighted by Gasteiger charge is -2.09. The Hall–Kier alpha value is -2.75. The Balaban J connectivity index is 1.56. The summed E-state index contributed by atoms with van der Waals surface area (Å²) in [6.45, 7) is 2.53. The number of thiazole rings is 1. The van der Waals surface area contributed by atoms with Crippen LogP contribution in [0.15, 0.2) is 58.8 Å². The fourth-order valence-corrected chi connectivity index (χ4v) is 3.96. The number of amides is 1. The van der Waals surface area contributed by atoms with Gasteiger partial charge in [-0.25, -0.2) is 18.1 Å². The lowest BCUT2D eigenvalue weighted by molar-refractivity contribution is 0.0951. The molecule has 0 aliphatic carbocycles. The topological polar surface area (TPSA) is 97.4 Å². The molecule has 152 valence electrons. The Bertz CT molecular complexity index is 1090. The SMILES string of the molecule is CNS(=O)(=O)c1cccc(CNC(=O)c2ccc(OCc3csc(C)n3)cc2)c1. The largest absolute Gasteiger partial charge is 0.487 e. The number of aromatic nitrogens is 1. The fraction of sp³-hybridized carbons (Fsp3) is 0.200. The van der Waals surface area contributed by atoms with Gasteiger partial charge in [0.25, 0.3) is 5.91 Å². The molecule has 0 saturated carbocycles. The van der Waals surface area contributed by atoms with E-state index in [0.29, 0.717) is 23.5 Å². The van der Waals surface area contributed by atoms with E-state index in [1.165, 1.54) is 19.2 Å². The van der Waals surface area contributed by atoms with Gasteiger partial charge in [-0.1, -0.05) is 12.1 Å². The number of hydrogen-bond acceptors (Lipinski definition) is 6. The third-order valence-corrected chi connectivity index (χ3v) is 6.33. The van der Waals surface area contributed by atoms with Crippen molar-refractivity contribution in [2.45, 2.75) is 25.0 Å². The Morgan fingerprint density at radius 1 is 1.17 bits per heavy atom. The molecule has 1 heterocycles. The van der Waals surface area contributed by atoms with Crippen molar-refractivity contribution >= 4 is 27.3 Å². The number of carbonyl (C=O) groups is 1. The maximum atomic E-state index is 12.4. The van der Waals surface area contributed by atoms with E-state index in [2.05, 4.69) is 15.0 Å². The molecule has 0 aliphatic rings. The van der Waals surface area contributed by atoms with Crippen LogP contribution in [-0.2, 0) is 23.2 Å². The Morgan fingerprint density at radius 3 is 2.59 bits per heavy atom. The zero-order valence-corrected chi connectivity index (χ0v) is 17.6. The second-order valence-corrected chi connectivity index (χ2v) is 9.16. The molecular weight excluding hydrogens is 410 g/mol. The maximum absolute atomic E-state index is 12.4. The van der Waals surface area contributed by atoms with Crippen LogP contribution < -0.4 is 14.8 Å². The molecule has 0 radical (unpaired) electrons. The van der Waals surface area contributed by atoms with Crippen molar-refractivity contribution in [1.82, 2.24) is 15.0 Å². The minimum Gasteiger partial charge on any atom is -0.487 e. The first-order chi connectivity index (χ1) is 13.9. The summed E-state index contributed by atoms with van der Waals surface area (Å²) in [5, 5.41) is 5.73. The van der Waals surface area contributed by atoms with Crippen LogP contribution in [0.2, 0.25) is 0 Å². The molecule has 0 unspecified atom stereocenters. The molecule has 7 nitrogen and oxygen atoms in total. The summed E-state index contributed by atoms with van der Waals surface area (Å²) in [7, 11) is -2.16. The average Bonchev–Trinajstić information content (AvgIpc) is 3.16. The summed E-state index contributed by atoms with van der Waals surface area (Å²) in [6, 6.07) is 13.3. The number of benzene rings is 2. The van der Waals surface area contributed by atoms with Crippen molar-refractivity contribution in [1.29, 1.82) is 0 Å². The van der Waals surface area contributed by atoms with Gasteiger partial charge in [-0.15, -0.1) is 11.3 Å². The summed E-state index contributed by atoms with van der Waals surface area (Å²) in [6.07, 6.45) is 0. The van der Waals surface area contributed by atoms with Gasteiger partial charge in [-0.2, -0.15) is 0 Å². The second kappa shape index (κ2) is 9.17. The monoisotopic (exact) mass is 431 g/mol. The van der Waals surface area contributed by atoms with Crippen molar-refractivity contribution < 1.29 is 17.9 Å². The minimum atomic E-state index is -3.52. The standard InChI is InChI=1S/C20H21N3O4S2/c1-14-23-17(13-28-14)12-27-18-8-6-16(7-9-18)20(24)22-11-15-4-3-5-19(10-15)29(25,26)21-2/h3-10,13,21H,11-12H2,1-2H3,(H,22,24). The highest BCUT2D eigenvalue weighted by molar-refractivity contribution is 7.89. The van der Waals surface area contributed by atoms with E-state index < -0.39 is 10.0 Å². The minimum absolute atomic E-state index is 0.156. The van der Waals surface area contributed by atoms with Crippen molar-refractivity contribution in [2.24, 2.45) is 0 Å². The Kier molecular flexibility index (Phi) is 6.63. The number of aryl methyl sites for hydroxylation is 1. The lowest BCUT2D eigenvalue weighted by atomic mass is 10.2. The lowest BCUT2D eigenvalue weighted by Crippen LogP contribution is -2.23. The predicted molar refractivity (Wildman–Crippen MR) is 111 cm³/mol. The van der Waals surface area contributed by atoms with Crippen LogP contribution in [0.1, 0.15) is 26.6 Å². The van der Waals surface area contributed by atoms with Crippen LogP contribution in [0.4, 0.5) is 0 Å². The van der Waals surface area contributed by atoms with Gasteiger partial charge in [0, 0.05) is 17.5 Å². The van der Waals surface area contributed by atoms with Gasteiger partial charge in [-0.05, 0) is 55.9 Å². The Morgan fingerprint density at radius 2 is 1.93 bits per heavy atom. The van der Waals surface area contributed by atoms with Crippen molar-refractivity contribution in [3.63, 3.8) is 0 Å². The highest BCUT2D eigenvalue weighted by Gasteiger charge is 2.12. The second-order valence-electron chi connectivity index (χ2n) is 6.21. The van der Waals surface area contributed by atoms with E-state index in [0.717, 1.165) is 10.7 Å². The first kappa shape index (κ1) is 21.0. The molecule has 29 heavy (non-hydrogen) atoms. The van der Waals surface area contributed by atoms with Gasteiger partial charge in [0.15, 0.2) is 0 Å². The summed E-state index contributed by atoms with van der Waals surface area (Å²) < 4.78 is 31.7. The normalized spacial score (nSPS) is 11.2. The number of sulfonamides is 1. The van der Waals surface area contributed by atoms with Crippen LogP contribution in [0.25, 0.3) is 0 Å². The van der Waals surface area contributed by atoms with Gasteiger partial charge < -0.3 is 10.1 Å². The number of nitrogens with one attached hydrogen (secondary N) is 2. The number of hydrogen-bond donors (Lipinski definition) is 2. The molecule has 9 heteroatoms. The highest BCUT2D eigenvalue weighted by atomic mass is 32.2. The smallest absolute Gasteiger partial charge is 0.251 e. The molecule has 0 aliphatic heterocycles. The van der Waals surface area contributed by atoms with Gasteiger partial charge in [-0.3, -0.25) is 4.79 Å². The quantitative estimate of drug-likeness (QED) is 0.572. The number of ether oxygens (including phenoxy) is 1. The molecule has 1 aromatic heterocycles. The molecule has 0 saturated heterocycles. The third-order valence-electron chi connectivity index (χ3n) is 4.10. The van der Waals surface area contributed by atoms with E-state index in [1.54, 1.807) is 47.7 Å². The molecule has 3 rings (SSSR count). The average molecular weight is 432 g/mol. The van der Waals surface area contributed by atoms with Crippen molar-refractivity contribution in [3.05, 3.63) is 75.7 Å². The molecule has 3 aromatic rings. The molecule has 1 amide bonds. The first-order valence-electron chi connectivity index (χ1n) is 8.82. The summed E-state index contributed by atoms with van der Waals surface area (Å²) in [5.41, 5.74) is 2.05. The predicted octanol–water partition coefficient (Wildman–Crippen LogP) is 2.87. The maximum Gasteiger partial charge on any atom is 0.251 e. The zero-order chi connectivity index (χ0) is 20.9. The fourth-order valence-electron chi connectivity index (χ4n) is 2.56. The van der Waals surface area contributed by atoms with E-state index in [4.69, 9.17) is 4.74 Å². The van der Waals surface area contributed by atoms with Crippen molar-refractivity contribution in [2.75, 3.05) is 7.05 Å². The van der Waals surface area contributed by atoms with Gasteiger partial charge in [0.1, 0.15) is 12.4 Å². The van der Waals surface area contributed by atoms with Crippen LogP contribution >= 0.6 is 11.3 Å². The van der Waals surface area contributed by atoms with Crippen LogP contribution in [-0.4, -0.2) is 26.4 Å². The summed E-state index contributed by atoms with van der Waals surface area (Å²) in [5.74, 6) is 0.394. The summed E-state index contributed by atoms with van der Waals surface area (Å²) >= 11 is 1.57. The molecular formula is C20H21N3O4S2. The summed E-state index contributed by atoms with van der Waals surface area (Å²) in [4.78, 5) is 16.9. The molecule has 0 fully saturated rings. The van der Waals surface area contributed by atoms with Gasteiger partial charge >= 0.3 is 0 Å². The van der Waals surface area contributed by atoms with Crippen molar-refractivity contribution in [3.8, 4) is 5.75 Å². The third kappa shape index (κ3) is 5.63. The first-order valence-corrected chi connectivity index (χ1v) is 11.2. The number of carbonyl (C=O) groups excluding carboxylic acids is 1. The van der Waals surface area contributed by atoms with Gasteiger partial charge in [0.2, 0.25) is 10.0 Å². The van der Waals surface area contributed by atoms with E-state index in [9.17, 15) is 13.2 Å². The van der Waals surface area contributed by atoms with E-state index in [-0.39, 0.29) is 17.3 Å². The van der Waals surface area contributed by atoms with E-state index in [1.807, 2.05) is 12.3 Å². The molecule has 0 atom stereocenters. The molecule has 2 N–H and O–H groups in total. The van der Waals surface area contributed by atoms with E-state index >= 15 is 0 Å². The van der Waals surface area contributed by atoms with Gasteiger partial charge in [0.05, 0.1) is 15.6 Å². The molecule has 2 aromatic carbocycles. The molecule has 0 bridgehead atoms. The number of rotatable bonds is 8. The zero-order valence-electron chi connectivity index (χ0n) is 16.0.